The summed E-state index contributed by atoms with van der Waals surface area (Å²) in [6.07, 6.45) is 3.64. The van der Waals surface area contributed by atoms with Crippen LogP contribution in [0.3, 0.4) is 0 Å². The van der Waals surface area contributed by atoms with Gasteiger partial charge in [0.05, 0.1) is 20.8 Å². The zero-order valence-electron chi connectivity index (χ0n) is 15.6. The summed E-state index contributed by atoms with van der Waals surface area (Å²) in [5.41, 5.74) is 0.992. The number of aliphatic imine (C=N–C) groups is 1. The van der Waals surface area contributed by atoms with Gasteiger partial charge in [0.2, 0.25) is 0 Å². The molecule has 0 atom stereocenters. The Hall–Kier alpha value is -1.95. The van der Waals surface area contributed by atoms with Crippen molar-refractivity contribution >= 4 is 5.96 Å². The van der Waals surface area contributed by atoms with Crippen LogP contribution in [0.4, 0.5) is 0 Å². The molecule has 6 heteroatoms. The second kappa shape index (κ2) is 10.8. The number of para-hydroxylation sites is 1. The summed E-state index contributed by atoms with van der Waals surface area (Å²) in [5, 5.41) is 6.61. The van der Waals surface area contributed by atoms with E-state index in [-0.39, 0.29) is 0 Å². The van der Waals surface area contributed by atoms with Crippen molar-refractivity contribution in [2.45, 2.75) is 32.7 Å². The first-order valence-corrected chi connectivity index (χ1v) is 9.08. The normalized spacial score (nSPS) is 14.3. The molecule has 25 heavy (non-hydrogen) atoms. The maximum atomic E-state index is 5.65. The average Bonchev–Trinajstić information content (AvgIpc) is 3.46. The molecule has 0 heterocycles. The Morgan fingerprint density at radius 3 is 2.72 bits per heavy atom. The second-order valence-electron chi connectivity index (χ2n) is 6.15. The number of methoxy groups -OCH3 is 2. The lowest BCUT2D eigenvalue weighted by atomic mass is 10.2. The lowest BCUT2D eigenvalue weighted by molar-refractivity contribution is 0.123. The van der Waals surface area contributed by atoms with Crippen molar-refractivity contribution in [3.63, 3.8) is 0 Å². The zero-order valence-corrected chi connectivity index (χ0v) is 15.6. The third kappa shape index (κ3) is 6.82. The lowest BCUT2D eigenvalue weighted by Crippen LogP contribution is -2.38. The zero-order chi connectivity index (χ0) is 17.9. The van der Waals surface area contributed by atoms with Crippen LogP contribution >= 0.6 is 0 Å². The van der Waals surface area contributed by atoms with Crippen molar-refractivity contribution in [1.29, 1.82) is 0 Å². The monoisotopic (exact) mass is 349 g/mol. The first-order valence-electron chi connectivity index (χ1n) is 9.08. The highest BCUT2D eigenvalue weighted by Gasteiger charge is 2.20. The Labute approximate surface area is 151 Å². The second-order valence-corrected chi connectivity index (χ2v) is 6.15. The summed E-state index contributed by atoms with van der Waals surface area (Å²) in [5.74, 6) is 3.08. The Kier molecular flexibility index (Phi) is 8.39. The predicted octanol–water partition coefficient (Wildman–Crippen LogP) is 2.58. The van der Waals surface area contributed by atoms with E-state index in [0.29, 0.717) is 6.54 Å². The fraction of sp³-hybridized carbons (Fsp3) is 0.632. The summed E-state index contributed by atoms with van der Waals surface area (Å²) >= 11 is 0. The van der Waals surface area contributed by atoms with Gasteiger partial charge in [0, 0.05) is 31.9 Å². The third-order valence-electron chi connectivity index (χ3n) is 4.04. The minimum absolute atomic E-state index is 0.522. The molecule has 1 aliphatic rings. The molecule has 140 valence electrons. The van der Waals surface area contributed by atoms with E-state index in [2.05, 4.69) is 22.5 Å². The molecule has 0 unspecified atom stereocenters. The molecular weight excluding hydrogens is 318 g/mol. The summed E-state index contributed by atoms with van der Waals surface area (Å²) in [6.45, 7) is 5.96. The first kappa shape index (κ1) is 19.4. The fourth-order valence-electron chi connectivity index (χ4n) is 2.50. The van der Waals surface area contributed by atoms with Gasteiger partial charge < -0.3 is 24.8 Å². The number of hydrogen-bond acceptors (Lipinski definition) is 4. The highest BCUT2D eigenvalue weighted by Crippen LogP contribution is 2.31. The van der Waals surface area contributed by atoms with Gasteiger partial charge in [-0.05, 0) is 38.2 Å². The molecule has 1 aromatic rings. The van der Waals surface area contributed by atoms with Crippen LogP contribution in [0, 0.1) is 5.92 Å². The quantitative estimate of drug-likeness (QED) is 0.365. The standard InChI is InChI=1S/C19H31N3O3/c1-4-20-19(21-11-6-12-25-14-15-9-10-15)22-13-16-7-5-8-17(23-2)18(16)24-3/h5,7-8,15H,4,6,9-14H2,1-3H3,(H2,20,21,22). The summed E-state index contributed by atoms with van der Waals surface area (Å²) in [7, 11) is 3.29. The molecule has 0 spiro atoms. The largest absolute Gasteiger partial charge is 0.493 e. The van der Waals surface area contributed by atoms with Gasteiger partial charge >= 0.3 is 0 Å². The predicted molar refractivity (Wildman–Crippen MR) is 101 cm³/mol. The minimum Gasteiger partial charge on any atom is -0.493 e. The molecule has 2 rings (SSSR count). The van der Waals surface area contributed by atoms with Gasteiger partial charge in [-0.25, -0.2) is 4.99 Å². The summed E-state index contributed by atoms with van der Waals surface area (Å²) in [4.78, 5) is 4.64. The maximum Gasteiger partial charge on any atom is 0.191 e. The van der Waals surface area contributed by atoms with Crippen LogP contribution in [0.25, 0.3) is 0 Å². The van der Waals surface area contributed by atoms with Crippen molar-refractivity contribution in [2.24, 2.45) is 10.9 Å². The van der Waals surface area contributed by atoms with Crippen molar-refractivity contribution in [3.8, 4) is 11.5 Å². The van der Waals surface area contributed by atoms with Crippen molar-refractivity contribution < 1.29 is 14.2 Å². The summed E-state index contributed by atoms with van der Waals surface area (Å²) < 4.78 is 16.4. The van der Waals surface area contributed by atoms with E-state index in [0.717, 1.165) is 61.7 Å². The van der Waals surface area contributed by atoms with Crippen LogP contribution in [0.5, 0.6) is 11.5 Å². The van der Waals surface area contributed by atoms with E-state index in [4.69, 9.17) is 14.2 Å². The maximum absolute atomic E-state index is 5.65. The molecule has 0 saturated heterocycles. The first-order chi connectivity index (χ1) is 12.3. The Balaban J connectivity index is 1.81. The van der Waals surface area contributed by atoms with Crippen molar-refractivity contribution in [2.75, 3.05) is 40.5 Å². The number of ether oxygens (including phenoxy) is 3. The van der Waals surface area contributed by atoms with Crippen molar-refractivity contribution in [3.05, 3.63) is 23.8 Å². The smallest absolute Gasteiger partial charge is 0.191 e. The van der Waals surface area contributed by atoms with E-state index in [1.807, 2.05) is 18.2 Å². The Morgan fingerprint density at radius 2 is 2.04 bits per heavy atom. The SMILES string of the molecule is CCNC(=NCc1cccc(OC)c1OC)NCCCOCC1CC1. The lowest BCUT2D eigenvalue weighted by Gasteiger charge is -2.13. The number of guanidine groups is 1. The molecule has 6 nitrogen and oxygen atoms in total. The molecule has 1 saturated carbocycles. The highest BCUT2D eigenvalue weighted by atomic mass is 16.5. The molecule has 0 bridgehead atoms. The number of nitrogens with zero attached hydrogens (tertiary/aromatic N) is 1. The van der Waals surface area contributed by atoms with Crippen molar-refractivity contribution in [1.82, 2.24) is 10.6 Å². The molecule has 2 N–H and O–H groups in total. The molecule has 1 fully saturated rings. The van der Waals surface area contributed by atoms with Gasteiger partial charge in [0.1, 0.15) is 0 Å². The minimum atomic E-state index is 0.522. The van der Waals surface area contributed by atoms with Crippen LogP contribution in [-0.2, 0) is 11.3 Å². The van der Waals surface area contributed by atoms with Crippen LogP contribution in [-0.4, -0.2) is 46.5 Å². The van der Waals surface area contributed by atoms with Crippen LogP contribution in [0.2, 0.25) is 0 Å². The molecule has 1 aliphatic carbocycles. The van der Waals surface area contributed by atoms with Gasteiger partial charge in [-0.15, -0.1) is 0 Å². The number of benzene rings is 1. The molecule has 0 aromatic heterocycles. The number of rotatable bonds is 11. The van der Waals surface area contributed by atoms with Gasteiger partial charge in [-0.2, -0.15) is 0 Å². The Bertz CT molecular complexity index is 545. The van der Waals surface area contributed by atoms with Gasteiger partial charge in [0.25, 0.3) is 0 Å². The van der Waals surface area contributed by atoms with Crippen LogP contribution in [0.15, 0.2) is 23.2 Å². The average molecular weight is 349 g/mol. The Morgan fingerprint density at radius 1 is 1.20 bits per heavy atom. The van der Waals surface area contributed by atoms with Crippen LogP contribution in [0.1, 0.15) is 31.7 Å². The van der Waals surface area contributed by atoms with Gasteiger partial charge in [0.15, 0.2) is 17.5 Å². The molecular formula is C19H31N3O3. The molecule has 0 aliphatic heterocycles. The third-order valence-corrected chi connectivity index (χ3v) is 4.04. The highest BCUT2D eigenvalue weighted by molar-refractivity contribution is 5.79. The molecule has 0 amide bonds. The fourth-order valence-corrected chi connectivity index (χ4v) is 2.50. The van der Waals surface area contributed by atoms with Gasteiger partial charge in [-0.3, -0.25) is 0 Å². The molecule has 1 aromatic carbocycles. The van der Waals surface area contributed by atoms with E-state index in [9.17, 15) is 0 Å². The van der Waals surface area contributed by atoms with E-state index < -0.39 is 0 Å². The van der Waals surface area contributed by atoms with E-state index >= 15 is 0 Å². The van der Waals surface area contributed by atoms with E-state index in [1.54, 1.807) is 14.2 Å². The topological polar surface area (TPSA) is 64.1 Å². The van der Waals surface area contributed by atoms with Gasteiger partial charge in [-0.1, -0.05) is 12.1 Å². The molecule has 0 radical (unpaired) electrons. The number of nitrogens with one attached hydrogen (secondary N) is 2. The van der Waals surface area contributed by atoms with Crippen LogP contribution < -0.4 is 20.1 Å². The number of hydrogen-bond donors (Lipinski definition) is 2. The van der Waals surface area contributed by atoms with E-state index in [1.165, 1.54) is 12.8 Å². The summed E-state index contributed by atoms with van der Waals surface area (Å²) in [6, 6.07) is 5.83.